The topological polar surface area (TPSA) is 53.9 Å². The lowest BCUT2D eigenvalue weighted by molar-refractivity contribution is 0.154. The van der Waals surface area contributed by atoms with Gasteiger partial charge in [0.15, 0.2) is 4.77 Å². The van der Waals surface area contributed by atoms with Gasteiger partial charge in [-0.05, 0) is 50.7 Å². The van der Waals surface area contributed by atoms with Gasteiger partial charge >= 0.3 is 0 Å². The fourth-order valence-electron chi connectivity index (χ4n) is 3.01. The second-order valence-electron chi connectivity index (χ2n) is 5.67. The van der Waals surface area contributed by atoms with Crippen LogP contribution >= 0.6 is 12.2 Å². The van der Waals surface area contributed by atoms with Crippen molar-refractivity contribution in [2.24, 2.45) is 0 Å². The average Bonchev–Trinajstić information content (AvgIpc) is 2.49. The highest BCUT2D eigenvalue weighted by Crippen LogP contribution is 2.15. The fourth-order valence-corrected chi connectivity index (χ4v) is 3.28. The lowest BCUT2D eigenvalue weighted by Gasteiger charge is -2.33. The molecule has 112 valence electrons. The molecule has 1 aliphatic heterocycles. The molecule has 0 spiro atoms. The van der Waals surface area contributed by atoms with Gasteiger partial charge in [-0.2, -0.15) is 0 Å². The zero-order valence-electron chi connectivity index (χ0n) is 12.2. The van der Waals surface area contributed by atoms with Crippen molar-refractivity contribution in [1.29, 1.82) is 0 Å². The first-order valence-corrected chi connectivity index (χ1v) is 7.89. The number of hydrogen-bond donors (Lipinski definition) is 1. The molecule has 0 unspecified atom stereocenters. The number of piperidine rings is 1. The van der Waals surface area contributed by atoms with E-state index in [9.17, 15) is 4.79 Å². The summed E-state index contributed by atoms with van der Waals surface area (Å²) in [6, 6.07) is 4.15. The van der Waals surface area contributed by atoms with Crippen LogP contribution < -0.4 is 5.56 Å². The minimum Gasteiger partial charge on any atom is -0.316 e. The molecule has 2 aromatic rings. The molecule has 1 saturated heterocycles. The van der Waals surface area contributed by atoms with Crippen molar-refractivity contribution in [2.45, 2.75) is 38.8 Å². The lowest BCUT2D eigenvalue weighted by Crippen LogP contribution is -2.40. The lowest BCUT2D eigenvalue weighted by atomic mass is 10.0. The Morgan fingerprint density at radius 2 is 2.29 bits per heavy atom. The highest BCUT2D eigenvalue weighted by Gasteiger charge is 2.18. The van der Waals surface area contributed by atoms with E-state index in [4.69, 9.17) is 12.2 Å². The van der Waals surface area contributed by atoms with Crippen LogP contribution in [0.4, 0.5) is 0 Å². The van der Waals surface area contributed by atoms with Crippen LogP contribution in [0.15, 0.2) is 23.1 Å². The molecule has 1 aliphatic rings. The first-order valence-electron chi connectivity index (χ1n) is 7.49. The molecule has 1 N–H and O–H groups in total. The number of likely N-dealkylation sites (tertiary alicyclic amines) is 1. The standard InChI is InChI=1S/C15H20N4OS/c1-11-5-2-3-8-18(11)9-10-19-14(20)12-6-4-7-16-13(12)17-15(19)21/h4,6-7,11H,2-3,5,8-10H2,1H3,(H,16,17,21)/t11-/m0/s1. The van der Waals surface area contributed by atoms with Crippen LogP contribution in [0.2, 0.25) is 0 Å². The third kappa shape index (κ3) is 2.91. The Labute approximate surface area is 128 Å². The monoisotopic (exact) mass is 304 g/mol. The van der Waals surface area contributed by atoms with E-state index in [2.05, 4.69) is 21.8 Å². The molecule has 2 aromatic heterocycles. The minimum absolute atomic E-state index is 0.0495. The smallest absolute Gasteiger partial charge is 0.263 e. The van der Waals surface area contributed by atoms with Crippen LogP contribution in [0.1, 0.15) is 26.2 Å². The molecule has 3 rings (SSSR count). The highest BCUT2D eigenvalue weighted by molar-refractivity contribution is 7.71. The van der Waals surface area contributed by atoms with Gasteiger partial charge in [-0.1, -0.05) is 6.42 Å². The molecule has 0 bridgehead atoms. The van der Waals surface area contributed by atoms with E-state index in [-0.39, 0.29) is 5.56 Å². The number of pyridine rings is 1. The Hall–Kier alpha value is -1.53. The van der Waals surface area contributed by atoms with E-state index in [1.54, 1.807) is 22.9 Å². The number of nitrogens with zero attached hydrogens (tertiary/aromatic N) is 3. The Kier molecular flexibility index (Phi) is 4.17. The molecule has 0 aliphatic carbocycles. The van der Waals surface area contributed by atoms with Gasteiger partial charge in [0.05, 0.1) is 5.39 Å². The number of fused-ring (bicyclic) bond motifs is 1. The number of nitrogens with one attached hydrogen (secondary N) is 1. The summed E-state index contributed by atoms with van der Waals surface area (Å²) in [5.74, 6) is 0. The highest BCUT2D eigenvalue weighted by atomic mass is 32.1. The summed E-state index contributed by atoms with van der Waals surface area (Å²) in [5.41, 5.74) is 0.515. The van der Waals surface area contributed by atoms with Gasteiger partial charge in [0.2, 0.25) is 0 Å². The summed E-state index contributed by atoms with van der Waals surface area (Å²) in [6.45, 7) is 4.86. The average molecular weight is 304 g/mol. The molecule has 0 aromatic carbocycles. The molecule has 0 amide bonds. The first kappa shape index (κ1) is 14.4. The molecule has 6 heteroatoms. The van der Waals surface area contributed by atoms with Crippen LogP contribution in [0, 0.1) is 4.77 Å². The van der Waals surface area contributed by atoms with Crippen molar-refractivity contribution in [2.75, 3.05) is 13.1 Å². The zero-order valence-corrected chi connectivity index (χ0v) is 13.0. The van der Waals surface area contributed by atoms with Crippen LogP contribution in [0.3, 0.4) is 0 Å². The van der Waals surface area contributed by atoms with Crippen LogP contribution in [-0.2, 0) is 6.54 Å². The van der Waals surface area contributed by atoms with E-state index < -0.39 is 0 Å². The van der Waals surface area contributed by atoms with Crippen LogP contribution in [0.25, 0.3) is 11.0 Å². The van der Waals surface area contributed by atoms with Crippen molar-refractivity contribution >= 4 is 23.3 Å². The van der Waals surface area contributed by atoms with E-state index >= 15 is 0 Å². The Morgan fingerprint density at radius 3 is 3.10 bits per heavy atom. The van der Waals surface area contributed by atoms with Gasteiger partial charge in [0, 0.05) is 25.3 Å². The van der Waals surface area contributed by atoms with Crippen LogP contribution in [0.5, 0.6) is 0 Å². The van der Waals surface area contributed by atoms with Crippen molar-refractivity contribution in [3.8, 4) is 0 Å². The molecule has 0 radical (unpaired) electrons. The molecule has 3 heterocycles. The Balaban J connectivity index is 1.87. The summed E-state index contributed by atoms with van der Waals surface area (Å²) < 4.78 is 2.11. The predicted molar refractivity (Wildman–Crippen MR) is 86.1 cm³/mol. The number of aromatic nitrogens is 3. The van der Waals surface area contributed by atoms with E-state index in [1.807, 2.05) is 0 Å². The molecule has 5 nitrogen and oxygen atoms in total. The van der Waals surface area contributed by atoms with Crippen molar-refractivity contribution in [3.63, 3.8) is 0 Å². The van der Waals surface area contributed by atoms with Gasteiger partial charge in [-0.25, -0.2) is 4.98 Å². The molecule has 1 atom stereocenters. The summed E-state index contributed by atoms with van der Waals surface area (Å²) in [7, 11) is 0. The predicted octanol–water partition coefficient (Wildman–Crippen LogP) is 2.33. The summed E-state index contributed by atoms with van der Waals surface area (Å²) in [5, 5.41) is 0.595. The van der Waals surface area contributed by atoms with Crippen molar-refractivity contribution < 1.29 is 0 Å². The van der Waals surface area contributed by atoms with Gasteiger partial charge in [-0.15, -0.1) is 0 Å². The summed E-state index contributed by atoms with van der Waals surface area (Å²) in [4.78, 5) is 22.2. The Bertz CT molecular complexity index is 751. The number of rotatable bonds is 3. The molecule has 1 fully saturated rings. The quantitative estimate of drug-likeness (QED) is 0.884. The normalized spacial score (nSPS) is 20.0. The van der Waals surface area contributed by atoms with Crippen LogP contribution in [-0.4, -0.2) is 38.6 Å². The summed E-state index contributed by atoms with van der Waals surface area (Å²) >= 11 is 5.31. The Morgan fingerprint density at radius 1 is 1.43 bits per heavy atom. The molecule has 0 saturated carbocycles. The minimum atomic E-state index is -0.0495. The third-order valence-corrected chi connectivity index (χ3v) is 4.63. The number of hydrogen-bond acceptors (Lipinski definition) is 4. The number of aromatic amines is 1. The van der Waals surface area contributed by atoms with Gasteiger partial charge in [0.1, 0.15) is 5.65 Å². The van der Waals surface area contributed by atoms with E-state index in [0.717, 1.165) is 13.1 Å². The number of H-pyrrole nitrogens is 1. The zero-order chi connectivity index (χ0) is 14.8. The maximum Gasteiger partial charge on any atom is 0.263 e. The maximum absolute atomic E-state index is 12.5. The van der Waals surface area contributed by atoms with Gasteiger partial charge < -0.3 is 4.98 Å². The molecular formula is C15H20N4OS. The molecular weight excluding hydrogens is 284 g/mol. The third-order valence-electron chi connectivity index (χ3n) is 4.31. The van der Waals surface area contributed by atoms with E-state index in [0.29, 0.717) is 28.4 Å². The second-order valence-corrected chi connectivity index (χ2v) is 6.05. The van der Waals surface area contributed by atoms with E-state index in [1.165, 1.54) is 19.3 Å². The maximum atomic E-state index is 12.5. The van der Waals surface area contributed by atoms with Crippen molar-refractivity contribution in [3.05, 3.63) is 33.5 Å². The van der Waals surface area contributed by atoms with Gasteiger partial charge in [-0.3, -0.25) is 14.3 Å². The SMILES string of the molecule is C[C@H]1CCCCN1CCn1c(=S)[nH]c2ncccc2c1=O. The van der Waals surface area contributed by atoms with Crippen molar-refractivity contribution in [1.82, 2.24) is 19.4 Å². The largest absolute Gasteiger partial charge is 0.316 e. The fraction of sp³-hybridized carbons (Fsp3) is 0.533. The second kappa shape index (κ2) is 6.07. The summed E-state index contributed by atoms with van der Waals surface area (Å²) in [6.07, 6.45) is 5.45. The first-order chi connectivity index (χ1) is 10.2. The van der Waals surface area contributed by atoms with Gasteiger partial charge in [0.25, 0.3) is 5.56 Å². The molecule has 21 heavy (non-hydrogen) atoms.